The molecule has 6 heteroatoms. The van der Waals surface area contributed by atoms with Crippen molar-refractivity contribution in [2.45, 2.75) is 18.9 Å². The van der Waals surface area contributed by atoms with Gasteiger partial charge < -0.3 is 9.30 Å². The molecule has 1 aliphatic rings. The molecule has 0 spiro atoms. The van der Waals surface area contributed by atoms with E-state index in [1.807, 2.05) is 27.6 Å². The molecule has 6 nitrogen and oxygen atoms in total. The van der Waals surface area contributed by atoms with Crippen molar-refractivity contribution in [3.8, 4) is 0 Å². The van der Waals surface area contributed by atoms with E-state index in [2.05, 4.69) is 21.0 Å². The second-order valence-electron chi connectivity index (χ2n) is 5.35. The molecular weight excluding hydrogens is 278 g/mol. The van der Waals surface area contributed by atoms with Crippen molar-refractivity contribution in [2.24, 2.45) is 0 Å². The molecule has 110 valence electrons. The zero-order valence-corrected chi connectivity index (χ0v) is 12.0. The number of imidazole rings is 1. The van der Waals surface area contributed by atoms with Crippen molar-refractivity contribution in [1.82, 2.24) is 24.3 Å². The molecule has 3 aromatic heterocycles. The number of hydrogen-bond donors (Lipinski definition) is 0. The lowest BCUT2D eigenvalue weighted by molar-refractivity contribution is 0.0725. The van der Waals surface area contributed by atoms with Crippen molar-refractivity contribution in [2.75, 3.05) is 6.54 Å². The van der Waals surface area contributed by atoms with Gasteiger partial charge in [-0.2, -0.15) is 0 Å². The molecular formula is C16H15N5O. The maximum Gasteiger partial charge on any atom is 0.274 e. The Bertz CT molecular complexity index is 814. The third-order valence-electron chi connectivity index (χ3n) is 4.10. The second kappa shape index (κ2) is 5.22. The van der Waals surface area contributed by atoms with Crippen molar-refractivity contribution < 1.29 is 4.79 Å². The summed E-state index contributed by atoms with van der Waals surface area (Å²) in [6, 6.07) is 6.06. The SMILES string of the molecule is O=C(c1cnccn1)N1CCCC1c1cccc2nccn12. The molecule has 4 rings (SSSR count). The van der Waals surface area contributed by atoms with Crippen molar-refractivity contribution >= 4 is 11.6 Å². The Morgan fingerprint density at radius 3 is 3.00 bits per heavy atom. The minimum absolute atomic E-state index is 0.0485. The van der Waals surface area contributed by atoms with Gasteiger partial charge in [-0.15, -0.1) is 0 Å². The summed E-state index contributed by atoms with van der Waals surface area (Å²) in [7, 11) is 0. The zero-order chi connectivity index (χ0) is 14.9. The van der Waals surface area contributed by atoms with Crippen LogP contribution in [0, 0.1) is 0 Å². The topological polar surface area (TPSA) is 63.4 Å². The smallest absolute Gasteiger partial charge is 0.274 e. The largest absolute Gasteiger partial charge is 0.329 e. The molecule has 1 amide bonds. The Morgan fingerprint density at radius 2 is 2.14 bits per heavy atom. The number of pyridine rings is 1. The summed E-state index contributed by atoms with van der Waals surface area (Å²) >= 11 is 0. The van der Waals surface area contributed by atoms with E-state index in [-0.39, 0.29) is 11.9 Å². The number of fused-ring (bicyclic) bond motifs is 1. The molecule has 1 saturated heterocycles. The van der Waals surface area contributed by atoms with Crippen molar-refractivity contribution in [3.63, 3.8) is 0 Å². The van der Waals surface area contributed by atoms with E-state index in [1.165, 1.54) is 6.20 Å². The molecule has 22 heavy (non-hydrogen) atoms. The van der Waals surface area contributed by atoms with E-state index in [9.17, 15) is 4.79 Å². The van der Waals surface area contributed by atoms with Crippen LogP contribution in [-0.2, 0) is 0 Å². The Morgan fingerprint density at radius 1 is 1.18 bits per heavy atom. The Kier molecular flexibility index (Phi) is 3.07. The molecule has 0 bridgehead atoms. The van der Waals surface area contributed by atoms with Crippen LogP contribution in [-0.4, -0.2) is 36.7 Å². The first kappa shape index (κ1) is 12.9. The first-order valence-corrected chi connectivity index (χ1v) is 7.33. The normalized spacial score (nSPS) is 18.0. The van der Waals surface area contributed by atoms with E-state index in [0.717, 1.165) is 30.7 Å². The van der Waals surface area contributed by atoms with Gasteiger partial charge in [0.25, 0.3) is 5.91 Å². The molecule has 1 atom stereocenters. The highest BCUT2D eigenvalue weighted by Crippen LogP contribution is 2.33. The van der Waals surface area contributed by atoms with Gasteiger partial charge >= 0.3 is 0 Å². The van der Waals surface area contributed by atoms with E-state index < -0.39 is 0 Å². The molecule has 1 fully saturated rings. The number of carbonyl (C=O) groups excluding carboxylic acids is 1. The minimum atomic E-state index is -0.0623. The van der Waals surface area contributed by atoms with Gasteiger partial charge in [-0.25, -0.2) is 9.97 Å². The third kappa shape index (κ3) is 2.04. The second-order valence-corrected chi connectivity index (χ2v) is 5.35. The van der Waals surface area contributed by atoms with Crippen LogP contribution >= 0.6 is 0 Å². The fourth-order valence-corrected chi connectivity index (χ4v) is 3.12. The lowest BCUT2D eigenvalue weighted by Crippen LogP contribution is -2.32. The zero-order valence-electron chi connectivity index (χ0n) is 12.0. The Balaban J connectivity index is 1.72. The maximum atomic E-state index is 12.7. The van der Waals surface area contributed by atoms with Gasteiger partial charge in [0.05, 0.1) is 12.2 Å². The fourth-order valence-electron chi connectivity index (χ4n) is 3.12. The standard InChI is InChI=1S/C16H15N5O/c22-16(12-11-17-6-7-18-12)21-9-2-4-14(21)13-3-1-5-15-19-8-10-20(13)15/h1,3,5-8,10-11,14H,2,4,9H2. The van der Waals surface area contributed by atoms with Gasteiger partial charge in [0.15, 0.2) is 0 Å². The highest BCUT2D eigenvalue weighted by atomic mass is 16.2. The van der Waals surface area contributed by atoms with Crippen molar-refractivity contribution in [1.29, 1.82) is 0 Å². The number of rotatable bonds is 2. The van der Waals surface area contributed by atoms with Crippen LogP contribution < -0.4 is 0 Å². The number of nitrogens with zero attached hydrogens (tertiary/aromatic N) is 5. The predicted octanol–water partition coefficient (Wildman–Crippen LogP) is 2.10. The molecule has 0 N–H and O–H groups in total. The first-order valence-electron chi connectivity index (χ1n) is 7.33. The molecule has 1 unspecified atom stereocenters. The summed E-state index contributed by atoms with van der Waals surface area (Å²) in [5.74, 6) is -0.0623. The number of likely N-dealkylation sites (tertiary alicyclic amines) is 1. The van der Waals surface area contributed by atoms with Gasteiger partial charge in [-0.3, -0.25) is 9.78 Å². The third-order valence-corrected chi connectivity index (χ3v) is 4.10. The van der Waals surface area contributed by atoms with Crippen LogP contribution in [0.5, 0.6) is 0 Å². The van der Waals surface area contributed by atoms with Gasteiger partial charge in [-0.1, -0.05) is 6.07 Å². The van der Waals surface area contributed by atoms with Crippen LogP contribution in [0.3, 0.4) is 0 Å². The van der Waals surface area contributed by atoms with Gasteiger partial charge in [0, 0.05) is 37.0 Å². The number of amides is 1. The van der Waals surface area contributed by atoms with Gasteiger partial charge in [-0.05, 0) is 25.0 Å². The van der Waals surface area contributed by atoms with Gasteiger partial charge in [0.1, 0.15) is 11.3 Å². The summed E-state index contributed by atoms with van der Waals surface area (Å²) in [6.07, 6.45) is 10.3. The van der Waals surface area contributed by atoms with E-state index in [1.54, 1.807) is 18.6 Å². The number of carbonyl (C=O) groups is 1. The van der Waals surface area contributed by atoms with Crippen LogP contribution in [0.4, 0.5) is 0 Å². The lowest BCUT2D eigenvalue weighted by Gasteiger charge is -2.25. The predicted molar refractivity (Wildman–Crippen MR) is 80.2 cm³/mol. The van der Waals surface area contributed by atoms with Gasteiger partial charge in [0.2, 0.25) is 0 Å². The molecule has 1 aliphatic heterocycles. The van der Waals surface area contributed by atoms with Crippen LogP contribution in [0.2, 0.25) is 0 Å². The highest BCUT2D eigenvalue weighted by Gasteiger charge is 2.32. The monoisotopic (exact) mass is 293 g/mol. The van der Waals surface area contributed by atoms with E-state index in [0.29, 0.717) is 5.69 Å². The van der Waals surface area contributed by atoms with E-state index in [4.69, 9.17) is 0 Å². The van der Waals surface area contributed by atoms with Crippen molar-refractivity contribution in [3.05, 3.63) is 60.6 Å². The highest BCUT2D eigenvalue weighted by molar-refractivity contribution is 5.92. The molecule has 0 aliphatic carbocycles. The summed E-state index contributed by atoms with van der Waals surface area (Å²) < 4.78 is 2.05. The molecule has 0 radical (unpaired) electrons. The lowest BCUT2D eigenvalue weighted by atomic mass is 10.1. The number of hydrogen-bond acceptors (Lipinski definition) is 4. The number of aromatic nitrogens is 4. The summed E-state index contributed by atoms with van der Waals surface area (Å²) in [5, 5.41) is 0. The summed E-state index contributed by atoms with van der Waals surface area (Å²) in [4.78, 5) is 27.0. The molecule has 3 aromatic rings. The quantitative estimate of drug-likeness (QED) is 0.726. The Hall–Kier alpha value is -2.76. The Labute approximate surface area is 127 Å². The molecule has 0 saturated carbocycles. The molecule has 4 heterocycles. The first-order chi connectivity index (χ1) is 10.8. The van der Waals surface area contributed by atoms with Crippen LogP contribution in [0.25, 0.3) is 5.65 Å². The summed E-state index contributed by atoms with van der Waals surface area (Å²) in [6.45, 7) is 0.741. The maximum absolute atomic E-state index is 12.7. The average Bonchev–Trinajstić information content (AvgIpc) is 3.23. The average molecular weight is 293 g/mol. The van der Waals surface area contributed by atoms with Crippen LogP contribution in [0.15, 0.2) is 49.2 Å². The fraction of sp³-hybridized carbons (Fsp3) is 0.250. The van der Waals surface area contributed by atoms with E-state index >= 15 is 0 Å². The minimum Gasteiger partial charge on any atom is -0.329 e. The van der Waals surface area contributed by atoms with Crippen LogP contribution in [0.1, 0.15) is 35.1 Å². The summed E-state index contributed by atoms with van der Waals surface area (Å²) in [5.41, 5.74) is 2.38. The molecule has 0 aromatic carbocycles.